The normalized spacial score (nSPS) is 21.0. The molecule has 0 aromatic carbocycles. The molecule has 80 valence electrons. The first-order chi connectivity index (χ1) is 7.08. The molecule has 7 heteroatoms. The molecular weight excluding hydrogens is 218 g/mol. The molecule has 1 fully saturated rings. The van der Waals surface area contributed by atoms with Crippen LogP contribution in [0.5, 0.6) is 0 Å². The van der Waals surface area contributed by atoms with Gasteiger partial charge in [-0.3, -0.25) is 9.69 Å². The van der Waals surface area contributed by atoms with Gasteiger partial charge in [0.05, 0.1) is 6.20 Å². The molecule has 0 saturated carbocycles. The zero-order chi connectivity index (χ0) is 11.0. The summed E-state index contributed by atoms with van der Waals surface area (Å²) in [5.41, 5.74) is 5.62. The fourth-order valence-corrected chi connectivity index (χ4v) is 2.19. The maximum absolute atomic E-state index is 11.4. The van der Waals surface area contributed by atoms with Crippen molar-refractivity contribution in [2.75, 3.05) is 11.4 Å². The molecule has 15 heavy (non-hydrogen) atoms. The van der Waals surface area contributed by atoms with E-state index in [4.69, 9.17) is 10.8 Å². The number of thiazole rings is 1. The van der Waals surface area contributed by atoms with Crippen molar-refractivity contribution in [3.05, 3.63) is 11.1 Å². The second-order valence-electron chi connectivity index (χ2n) is 3.28. The van der Waals surface area contributed by atoms with Crippen molar-refractivity contribution in [2.24, 2.45) is 5.73 Å². The number of nitrogens with two attached hydrogens (primary N) is 1. The first-order valence-electron chi connectivity index (χ1n) is 4.33. The maximum Gasteiger partial charge on any atom is 0.347 e. The average Bonchev–Trinajstić information content (AvgIpc) is 2.71. The molecule has 0 bridgehead atoms. The van der Waals surface area contributed by atoms with Gasteiger partial charge in [0.2, 0.25) is 5.91 Å². The van der Waals surface area contributed by atoms with Gasteiger partial charge >= 0.3 is 5.97 Å². The van der Waals surface area contributed by atoms with Gasteiger partial charge in [0.1, 0.15) is 4.88 Å². The van der Waals surface area contributed by atoms with Crippen molar-refractivity contribution in [3.63, 3.8) is 0 Å². The van der Waals surface area contributed by atoms with Gasteiger partial charge in [0.15, 0.2) is 5.13 Å². The largest absolute Gasteiger partial charge is 0.477 e. The maximum atomic E-state index is 11.4. The lowest BCUT2D eigenvalue weighted by Crippen LogP contribution is -2.27. The Labute approximate surface area is 89.3 Å². The molecule has 1 saturated heterocycles. The number of hydrogen-bond donors (Lipinski definition) is 2. The van der Waals surface area contributed by atoms with E-state index in [1.165, 1.54) is 11.1 Å². The van der Waals surface area contributed by atoms with E-state index in [0.29, 0.717) is 18.1 Å². The van der Waals surface area contributed by atoms with Gasteiger partial charge in [-0.25, -0.2) is 9.78 Å². The fourth-order valence-electron chi connectivity index (χ4n) is 1.41. The molecule has 1 atom stereocenters. The summed E-state index contributed by atoms with van der Waals surface area (Å²) in [5.74, 6) is -1.14. The van der Waals surface area contributed by atoms with E-state index in [2.05, 4.69) is 4.98 Å². The number of carbonyl (C=O) groups excluding carboxylic acids is 1. The number of anilines is 1. The van der Waals surface area contributed by atoms with Crippen molar-refractivity contribution in [3.8, 4) is 0 Å². The molecule has 1 aromatic heterocycles. The van der Waals surface area contributed by atoms with Gasteiger partial charge in [-0.2, -0.15) is 0 Å². The van der Waals surface area contributed by atoms with Gasteiger partial charge in [0.25, 0.3) is 0 Å². The van der Waals surface area contributed by atoms with Crippen LogP contribution in [-0.2, 0) is 4.79 Å². The fraction of sp³-hybridized carbons (Fsp3) is 0.375. The number of aromatic nitrogens is 1. The van der Waals surface area contributed by atoms with Gasteiger partial charge in [-0.05, 0) is 0 Å². The Bertz CT molecular complexity index is 417. The molecule has 0 aliphatic carbocycles. The Balaban J connectivity index is 2.23. The van der Waals surface area contributed by atoms with E-state index in [0.717, 1.165) is 11.3 Å². The lowest BCUT2D eigenvalue weighted by atomic mass is 10.3. The number of aromatic carboxylic acids is 1. The molecule has 1 aliphatic heterocycles. The second kappa shape index (κ2) is 3.59. The SMILES string of the molecule is NC1CC(=O)N(c2ncc(C(=O)O)s2)C1. The third kappa shape index (κ3) is 1.83. The van der Waals surface area contributed by atoms with Crippen molar-refractivity contribution >= 4 is 28.3 Å². The molecule has 1 unspecified atom stereocenters. The molecule has 3 N–H and O–H groups in total. The predicted molar refractivity (Wildman–Crippen MR) is 54.0 cm³/mol. The molecule has 1 aliphatic rings. The van der Waals surface area contributed by atoms with E-state index in [1.54, 1.807) is 0 Å². The lowest BCUT2D eigenvalue weighted by molar-refractivity contribution is -0.117. The van der Waals surface area contributed by atoms with Crippen LogP contribution < -0.4 is 10.6 Å². The highest BCUT2D eigenvalue weighted by Crippen LogP contribution is 2.26. The highest BCUT2D eigenvalue weighted by molar-refractivity contribution is 7.17. The molecule has 1 aromatic rings. The zero-order valence-electron chi connectivity index (χ0n) is 7.71. The zero-order valence-corrected chi connectivity index (χ0v) is 8.53. The van der Waals surface area contributed by atoms with E-state index in [-0.39, 0.29) is 16.8 Å². The highest BCUT2D eigenvalue weighted by Gasteiger charge is 2.30. The molecule has 0 spiro atoms. The second-order valence-corrected chi connectivity index (χ2v) is 4.29. The number of amides is 1. The Morgan fingerprint density at radius 3 is 2.93 bits per heavy atom. The summed E-state index contributed by atoms with van der Waals surface area (Å²) in [7, 11) is 0. The van der Waals surface area contributed by atoms with E-state index >= 15 is 0 Å². The number of carbonyl (C=O) groups is 2. The summed E-state index contributed by atoms with van der Waals surface area (Å²) in [6.45, 7) is 0.408. The van der Waals surface area contributed by atoms with Crippen LogP contribution in [0.3, 0.4) is 0 Å². The van der Waals surface area contributed by atoms with Crippen molar-refractivity contribution < 1.29 is 14.7 Å². The Kier molecular flexibility index (Phi) is 2.41. The summed E-state index contributed by atoms with van der Waals surface area (Å²) >= 11 is 0.983. The molecule has 2 rings (SSSR count). The quantitative estimate of drug-likeness (QED) is 0.735. The number of rotatable bonds is 2. The molecular formula is C8H9N3O3S. The van der Waals surface area contributed by atoms with Crippen LogP contribution in [0.1, 0.15) is 16.1 Å². The van der Waals surface area contributed by atoms with Gasteiger partial charge in [-0.1, -0.05) is 11.3 Å². The number of hydrogen-bond acceptors (Lipinski definition) is 5. The highest BCUT2D eigenvalue weighted by atomic mass is 32.1. The number of nitrogens with zero attached hydrogens (tertiary/aromatic N) is 2. The summed E-state index contributed by atoms with van der Waals surface area (Å²) in [6.07, 6.45) is 1.54. The Morgan fingerprint density at radius 1 is 1.73 bits per heavy atom. The first-order valence-corrected chi connectivity index (χ1v) is 5.14. The van der Waals surface area contributed by atoms with E-state index in [1.807, 2.05) is 0 Å². The molecule has 1 amide bonds. The average molecular weight is 227 g/mol. The number of carboxylic acids is 1. The van der Waals surface area contributed by atoms with Crippen molar-refractivity contribution in [1.82, 2.24) is 4.98 Å². The summed E-state index contributed by atoms with van der Waals surface area (Å²) in [4.78, 5) is 27.5. The van der Waals surface area contributed by atoms with Crippen LogP contribution >= 0.6 is 11.3 Å². The molecule has 6 nitrogen and oxygen atoms in total. The topological polar surface area (TPSA) is 96.5 Å². The lowest BCUT2D eigenvalue weighted by Gasteiger charge is -2.10. The number of carboxylic acid groups (broad SMARTS) is 1. The summed E-state index contributed by atoms with van der Waals surface area (Å²) in [5, 5.41) is 9.11. The third-order valence-corrected chi connectivity index (χ3v) is 3.10. The van der Waals surface area contributed by atoms with Gasteiger partial charge < -0.3 is 10.8 Å². The van der Waals surface area contributed by atoms with Gasteiger partial charge in [0, 0.05) is 19.0 Å². The molecule has 2 heterocycles. The van der Waals surface area contributed by atoms with Crippen LogP contribution in [0.25, 0.3) is 0 Å². The minimum Gasteiger partial charge on any atom is -0.477 e. The minimum atomic E-state index is -1.03. The Hall–Kier alpha value is -1.47. The van der Waals surface area contributed by atoms with E-state index < -0.39 is 5.97 Å². The van der Waals surface area contributed by atoms with E-state index in [9.17, 15) is 9.59 Å². The van der Waals surface area contributed by atoms with Crippen LogP contribution in [0.2, 0.25) is 0 Å². The third-order valence-electron chi connectivity index (χ3n) is 2.09. The minimum absolute atomic E-state index is 0.103. The smallest absolute Gasteiger partial charge is 0.347 e. The summed E-state index contributed by atoms with van der Waals surface area (Å²) in [6, 6.07) is -0.185. The van der Waals surface area contributed by atoms with Crippen LogP contribution in [-0.4, -0.2) is 34.6 Å². The van der Waals surface area contributed by atoms with Gasteiger partial charge in [-0.15, -0.1) is 0 Å². The first kappa shape index (κ1) is 10.1. The van der Waals surface area contributed by atoms with Crippen molar-refractivity contribution in [1.29, 1.82) is 0 Å². The molecule has 0 radical (unpaired) electrons. The summed E-state index contributed by atoms with van der Waals surface area (Å²) < 4.78 is 0. The standard InChI is InChI=1S/C8H9N3O3S/c9-4-1-6(12)11(3-4)8-10-2-5(15-8)7(13)14/h2,4H,1,3,9H2,(H,13,14). The Morgan fingerprint density at radius 2 is 2.47 bits per heavy atom. The van der Waals surface area contributed by atoms with Crippen LogP contribution in [0.4, 0.5) is 5.13 Å². The van der Waals surface area contributed by atoms with Crippen LogP contribution in [0, 0.1) is 0 Å². The predicted octanol–water partition coefficient (Wildman–Crippen LogP) is -0.0947. The monoisotopic (exact) mass is 227 g/mol. The van der Waals surface area contributed by atoms with Crippen LogP contribution in [0.15, 0.2) is 6.20 Å². The van der Waals surface area contributed by atoms with Crippen molar-refractivity contribution in [2.45, 2.75) is 12.5 Å².